The number of phenols is 1. The van der Waals surface area contributed by atoms with E-state index in [1.807, 2.05) is 0 Å². The van der Waals surface area contributed by atoms with Crippen LogP contribution in [0.15, 0.2) is 91.3 Å². The molecule has 0 aliphatic heterocycles. The first kappa shape index (κ1) is 33.2. The van der Waals surface area contributed by atoms with Gasteiger partial charge in [-0.25, -0.2) is 14.0 Å². The maximum absolute atomic E-state index is 13.2. The molecule has 3 aromatic carbocycles. The molecule has 248 valence electrons. The number of nitrogens with zero attached hydrogens (tertiary/aromatic N) is 4. The van der Waals surface area contributed by atoms with Crippen LogP contribution in [-0.2, 0) is 6.54 Å². The Morgan fingerprint density at radius 3 is 2.29 bits per heavy atom. The lowest BCUT2D eigenvalue weighted by atomic mass is 10.1. The van der Waals surface area contributed by atoms with Crippen molar-refractivity contribution in [2.45, 2.75) is 31.7 Å². The third-order valence-electron chi connectivity index (χ3n) is 6.89. The molecular formula is C32H27F4N7O5. The predicted molar refractivity (Wildman–Crippen MR) is 164 cm³/mol. The molecule has 1 saturated carbocycles. The SMILES string of the molecule is NC(=O)n1cccn1.O=C(Nc1ccc(O)c(-c2cc(C3CC3)n(C(=O)NCc3ccc(F)cc3)n2)c1)c1ccc(OC(F)(F)F)cc1. The molecule has 0 atom stereocenters. The summed E-state index contributed by atoms with van der Waals surface area (Å²) >= 11 is 0. The molecule has 0 radical (unpaired) electrons. The molecule has 2 aromatic heterocycles. The summed E-state index contributed by atoms with van der Waals surface area (Å²) in [6.45, 7) is 0.161. The summed E-state index contributed by atoms with van der Waals surface area (Å²) in [6, 6.07) is 16.7. The molecule has 5 N–H and O–H groups in total. The van der Waals surface area contributed by atoms with Crippen LogP contribution < -0.4 is 21.1 Å². The first-order valence-corrected chi connectivity index (χ1v) is 14.3. The number of rotatable bonds is 7. The van der Waals surface area contributed by atoms with Gasteiger partial charge in [0.05, 0.1) is 11.4 Å². The highest BCUT2D eigenvalue weighted by Crippen LogP contribution is 2.42. The zero-order chi connectivity index (χ0) is 34.4. The van der Waals surface area contributed by atoms with E-state index < -0.39 is 30.1 Å². The highest BCUT2D eigenvalue weighted by atomic mass is 19.4. The maximum atomic E-state index is 13.2. The Morgan fingerprint density at radius 2 is 1.71 bits per heavy atom. The molecule has 12 nitrogen and oxygen atoms in total. The van der Waals surface area contributed by atoms with Gasteiger partial charge in [0, 0.05) is 41.7 Å². The average Bonchev–Trinajstić information content (AvgIpc) is 3.54. The molecule has 0 unspecified atom stereocenters. The first-order chi connectivity index (χ1) is 22.9. The maximum Gasteiger partial charge on any atom is 0.573 e. The Morgan fingerprint density at radius 1 is 1.00 bits per heavy atom. The van der Waals surface area contributed by atoms with Gasteiger partial charge in [-0.05, 0) is 85.1 Å². The molecule has 0 saturated heterocycles. The zero-order valence-electron chi connectivity index (χ0n) is 24.8. The van der Waals surface area contributed by atoms with E-state index in [9.17, 15) is 37.1 Å². The number of hydrogen-bond acceptors (Lipinski definition) is 7. The second-order valence-corrected chi connectivity index (χ2v) is 10.5. The normalized spacial score (nSPS) is 12.4. The molecule has 6 rings (SSSR count). The number of benzene rings is 3. The van der Waals surface area contributed by atoms with Crippen LogP contribution in [0, 0.1) is 5.82 Å². The van der Waals surface area contributed by atoms with E-state index in [0.29, 0.717) is 17.0 Å². The molecule has 0 bridgehead atoms. The van der Waals surface area contributed by atoms with E-state index in [4.69, 9.17) is 5.73 Å². The number of alkyl halides is 3. The number of halogens is 4. The highest BCUT2D eigenvalue weighted by Gasteiger charge is 2.32. The van der Waals surface area contributed by atoms with Crippen LogP contribution >= 0.6 is 0 Å². The molecule has 1 fully saturated rings. The van der Waals surface area contributed by atoms with E-state index in [2.05, 4.69) is 25.6 Å². The van der Waals surface area contributed by atoms with Crippen molar-refractivity contribution in [3.63, 3.8) is 0 Å². The first-order valence-electron chi connectivity index (χ1n) is 14.3. The van der Waals surface area contributed by atoms with E-state index in [1.165, 1.54) is 59.5 Å². The smallest absolute Gasteiger partial charge is 0.507 e. The van der Waals surface area contributed by atoms with Gasteiger partial charge in [0.2, 0.25) is 0 Å². The number of carbonyl (C=O) groups is 3. The summed E-state index contributed by atoms with van der Waals surface area (Å²) in [7, 11) is 0. The van der Waals surface area contributed by atoms with Gasteiger partial charge < -0.3 is 26.2 Å². The van der Waals surface area contributed by atoms with Gasteiger partial charge in [-0.15, -0.1) is 13.2 Å². The van der Waals surface area contributed by atoms with Crippen LogP contribution in [0.5, 0.6) is 11.5 Å². The quantitative estimate of drug-likeness (QED) is 0.122. The molecule has 1 aliphatic carbocycles. The largest absolute Gasteiger partial charge is 0.573 e. The molecule has 5 aromatic rings. The van der Waals surface area contributed by atoms with Crippen LogP contribution in [-0.4, -0.2) is 49.0 Å². The van der Waals surface area contributed by atoms with Crippen molar-refractivity contribution in [2.24, 2.45) is 5.73 Å². The zero-order valence-corrected chi connectivity index (χ0v) is 24.8. The fourth-order valence-electron chi connectivity index (χ4n) is 4.44. The van der Waals surface area contributed by atoms with Crippen molar-refractivity contribution in [1.29, 1.82) is 0 Å². The van der Waals surface area contributed by atoms with Crippen molar-refractivity contribution < 1.29 is 41.8 Å². The third kappa shape index (κ3) is 8.74. The van der Waals surface area contributed by atoms with E-state index in [-0.39, 0.29) is 40.8 Å². The van der Waals surface area contributed by atoms with Gasteiger partial charge in [-0.2, -0.15) is 19.6 Å². The standard InChI is InChI=1S/C28H22F4N4O4.C4H5N3O/c29-19-7-1-16(2-8-19)15-33-27(39)36-24(17-3-4-17)14-23(35-36)22-13-20(9-12-25(22)37)34-26(38)18-5-10-21(11-6-18)40-28(30,31)32;5-4(8)7-3-1-2-6-7/h1-2,5-14,17,37H,3-4,15H2,(H,33,39)(H,34,38);1-3H,(H2,5,8). The summed E-state index contributed by atoms with van der Waals surface area (Å²) in [5.74, 6) is -1.44. The van der Waals surface area contributed by atoms with Crippen LogP contribution in [0.1, 0.15) is 40.4 Å². The lowest BCUT2D eigenvalue weighted by Gasteiger charge is -2.10. The van der Waals surface area contributed by atoms with Crippen molar-refractivity contribution in [2.75, 3.05) is 5.32 Å². The molecule has 0 spiro atoms. The Labute approximate surface area is 269 Å². The number of anilines is 1. The van der Waals surface area contributed by atoms with Crippen LogP contribution in [0.2, 0.25) is 0 Å². The monoisotopic (exact) mass is 665 g/mol. The Balaban J connectivity index is 0.000000494. The van der Waals surface area contributed by atoms with Gasteiger partial charge in [-0.1, -0.05) is 12.1 Å². The van der Waals surface area contributed by atoms with E-state index >= 15 is 0 Å². The van der Waals surface area contributed by atoms with Crippen LogP contribution in [0.4, 0.5) is 32.8 Å². The minimum absolute atomic E-state index is 0.0854. The van der Waals surface area contributed by atoms with Crippen molar-refractivity contribution in [3.8, 4) is 22.8 Å². The molecular weight excluding hydrogens is 638 g/mol. The number of phenolic OH excluding ortho intramolecular Hbond substituents is 1. The molecule has 2 heterocycles. The minimum Gasteiger partial charge on any atom is -0.507 e. The second-order valence-electron chi connectivity index (χ2n) is 10.5. The Kier molecular flexibility index (Phi) is 9.72. The fraction of sp³-hybridized carbons (Fsp3) is 0.156. The summed E-state index contributed by atoms with van der Waals surface area (Å²) < 4.78 is 56.4. The minimum atomic E-state index is -4.85. The van der Waals surface area contributed by atoms with Gasteiger partial charge in [-0.3, -0.25) is 4.79 Å². The summed E-state index contributed by atoms with van der Waals surface area (Å²) in [5.41, 5.74) is 7.14. The lowest BCUT2D eigenvalue weighted by Crippen LogP contribution is -2.30. The van der Waals surface area contributed by atoms with E-state index in [1.54, 1.807) is 24.3 Å². The van der Waals surface area contributed by atoms with Gasteiger partial charge >= 0.3 is 18.4 Å². The average molecular weight is 666 g/mol. The summed E-state index contributed by atoms with van der Waals surface area (Å²) in [6.07, 6.45) is -0.106. The summed E-state index contributed by atoms with van der Waals surface area (Å²) in [5, 5.41) is 23.9. The highest BCUT2D eigenvalue weighted by molar-refractivity contribution is 6.04. The molecule has 3 amide bonds. The van der Waals surface area contributed by atoms with Crippen LogP contribution in [0.3, 0.4) is 0 Å². The predicted octanol–water partition coefficient (Wildman–Crippen LogP) is 5.99. The van der Waals surface area contributed by atoms with Crippen molar-refractivity contribution >= 4 is 23.7 Å². The molecule has 16 heteroatoms. The Hall–Kier alpha value is -6.19. The third-order valence-corrected chi connectivity index (χ3v) is 6.89. The summed E-state index contributed by atoms with van der Waals surface area (Å²) in [4.78, 5) is 35.8. The van der Waals surface area contributed by atoms with Crippen molar-refractivity contribution in [1.82, 2.24) is 24.9 Å². The number of aromatic hydroxyl groups is 1. The number of nitrogens with one attached hydrogen (secondary N) is 2. The van der Waals surface area contributed by atoms with E-state index in [0.717, 1.165) is 29.7 Å². The number of primary amides is 1. The van der Waals surface area contributed by atoms with Gasteiger partial charge in [0.25, 0.3) is 5.91 Å². The van der Waals surface area contributed by atoms with Gasteiger partial charge in [0.1, 0.15) is 17.3 Å². The number of amides is 3. The number of ether oxygens (including phenoxy) is 1. The van der Waals surface area contributed by atoms with Crippen LogP contribution in [0.25, 0.3) is 11.3 Å². The van der Waals surface area contributed by atoms with Crippen molar-refractivity contribution in [3.05, 3.63) is 114 Å². The van der Waals surface area contributed by atoms with Gasteiger partial charge in [0.15, 0.2) is 0 Å². The lowest BCUT2D eigenvalue weighted by molar-refractivity contribution is -0.274. The second kappa shape index (κ2) is 14.1. The number of carbonyl (C=O) groups excluding carboxylic acids is 3. The molecule has 48 heavy (non-hydrogen) atoms. The topological polar surface area (TPSA) is 166 Å². The Bertz CT molecular complexity index is 1900. The molecule has 1 aliphatic rings. The number of hydrogen-bond donors (Lipinski definition) is 4. The fourth-order valence-corrected chi connectivity index (χ4v) is 4.44. The number of nitrogens with two attached hydrogens (primary N) is 1. The number of aromatic nitrogens is 4.